The summed E-state index contributed by atoms with van der Waals surface area (Å²) in [6.45, 7) is 5.35. The van der Waals surface area contributed by atoms with Crippen molar-refractivity contribution < 1.29 is 14.2 Å². The molecule has 26 heavy (non-hydrogen) atoms. The Morgan fingerprint density at radius 2 is 1.65 bits per heavy atom. The normalized spacial score (nSPS) is 9.54. The Bertz CT molecular complexity index is 844. The average Bonchev–Trinajstić information content (AvgIpc) is 2.67. The number of rotatable bonds is 8. The van der Waals surface area contributed by atoms with E-state index in [0.29, 0.717) is 37.1 Å². The van der Waals surface area contributed by atoms with Crippen molar-refractivity contribution in [1.82, 2.24) is 0 Å². The van der Waals surface area contributed by atoms with Gasteiger partial charge in [0, 0.05) is 0 Å². The highest BCUT2D eigenvalue weighted by atomic mass is 16.5. The second-order valence-electron chi connectivity index (χ2n) is 5.29. The summed E-state index contributed by atoms with van der Waals surface area (Å²) in [4.78, 5) is 0. The van der Waals surface area contributed by atoms with Crippen LogP contribution in [0.4, 0.5) is 0 Å². The molecule has 0 saturated carbocycles. The minimum Gasteiger partial charge on any atom is -0.490 e. The lowest BCUT2D eigenvalue weighted by Gasteiger charge is -2.13. The van der Waals surface area contributed by atoms with Crippen LogP contribution in [0.15, 0.2) is 48.0 Å². The standard InChI is InChI=1S/C21H20N2O3/c1-3-24-20-9-8-17(12-21(20)25-4-2)15-26-19-7-5-6-16(11-19)10-18(13-22)14-23/h5-12H,3-4,15H2,1-2H3. The van der Waals surface area contributed by atoms with Crippen LogP contribution in [-0.2, 0) is 6.61 Å². The lowest BCUT2D eigenvalue weighted by Crippen LogP contribution is -2.01. The average molecular weight is 348 g/mol. The van der Waals surface area contributed by atoms with E-state index in [2.05, 4.69) is 0 Å². The zero-order chi connectivity index (χ0) is 18.8. The van der Waals surface area contributed by atoms with Crippen LogP contribution in [0.25, 0.3) is 6.08 Å². The zero-order valence-corrected chi connectivity index (χ0v) is 14.9. The Labute approximate surface area is 153 Å². The van der Waals surface area contributed by atoms with Crippen LogP contribution in [0, 0.1) is 22.7 Å². The maximum Gasteiger partial charge on any atom is 0.161 e. The predicted molar refractivity (Wildman–Crippen MR) is 98.8 cm³/mol. The molecule has 0 aliphatic carbocycles. The second kappa shape index (κ2) is 9.76. The SMILES string of the molecule is CCOc1ccc(COc2cccc(C=C(C#N)C#N)c2)cc1OCC. The number of allylic oxidation sites excluding steroid dienone is 1. The molecule has 0 unspecified atom stereocenters. The van der Waals surface area contributed by atoms with E-state index in [1.54, 1.807) is 6.07 Å². The van der Waals surface area contributed by atoms with Crippen molar-refractivity contribution >= 4 is 6.08 Å². The fourth-order valence-electron chi connectivity index (χ4n) is 2.30. The van der Waals surface area contributed by atoms with E-state index in [1.807, 2.05) is 62.4 Å². The minimum absolute atomic E-state index is 0.0509. The van der Waals surface area contributed by atoms with Gasteiger partial charge in [-0.2, -0.15) is 10.5 Å². The van der Waals surface area contributed by atoms with E-state index < -0.39 is 0 Å². The molecule has 132 valence electrons. The molecular weight excluding hydrogens is 328 g/mol. The van der Waals surface area contributed by atoms with Crippen LogP contribution in [0.5, 0.6) is 17.2 Å². The molecule has 2 rings (SSSR count). The summed E-state index contributed by atoms with van der Waals surface area (Å²) in [7, 11) is 0. The van der Waals surface area contributed by atoms with Crippen molar-refractivity contribution in [3.8, 4) is 29.4 Å². The lowest BCUT2D eigenvalue weighted by molar-refractivity contribution is 0.283. The lowest BCUT2D eigenvalue weighted by atomic mass is 10.1. The summed E-state index contributed by atoms with van der Waals surface area (Å²) in [5, 5.41) is 17.7. The third-order valence-electron chi connectivity index (χ3n) is 3.42. The molecule has 0 heterocycles. The third-order valence-corrected chi connectivity index (χ3v) is 3.42. The van der Waals surface area contributed by atoms with Crippen molar-refractivity contribution in [1.29, 1.82) is 10.5 Å². The minimum atomic E-state index is 0.0509. The predicted octanol–water partition coefficient (Wildman–Crippen LogP) is 4.49. The molecule has 0 N–H and O–H groups in total. The smallest absolute Gasteiger partial charge is 0.161 e. The molecule has 0 saturated heterocycles. The van der Waals surface area contributed by atoms with E-state index in [4.69, 9.17) is 24.7 Å². The van der Waals surface area contributed by atoms with Gasteiger partial charge >= 0.3 is 0 Å². The van der Waals surface area contributed by atoms with Crippen molar-refractivity contribution in [3.63, 3.8) is 0 Å². The highest BCUT2D eigenvalue weighted by Crippen LogP contribution is 2.29. The number of nitrogens with zero attached hydrogens (tertiary/aromatic N) is 2. The van der Waals surface area contributed by atoms with Crippen LogP contribution < -0.4 is 14.2 Å². The Morgan fingerprint density at radius 3 is 2.35 bits per heavy atom. The fraction of sp³-hybridized carbons (Fsp3) is 0.238. The van der Waals surface area contributed by atoms with Gasteiger partial charge in [0.2, 0.25) is 0 Å². The first-order valence-electron chi connectivity index (χ1n) is 8.33. The molecule has 2 aromatic rings. The molecule has 0 aliphatic rings. The van der Waals surface area contributed by atoms with E-state index >= 15 is 0 Å². The first-order chi connectivity index (χ1) is 12.7. The third kappa shape index (κ3) is 5.29. The molecule has 0 bridgehead atoms. The quantitative estimate of drug-likeness (QED) is 0.657. The highest BCUT2D eigenvalue weighted by molar-refractivity contribution is 5.62. The van der Waals surface area contributed by atoms with Gasteiger partial charge in [0.15, 0.2) is 11.5 Å². The molecule has 0 atom stereocenters. The van der Waals surface area contributed by atoms with E-state index in [9.17, 15) is 0 Å². The van der Waals surface area contributed by atoms with E-state index in [1.165, 1.54) is 6.08 Å². The molecule has 0 radical (unpaired) electrons. The molecule has 2 aromatic carbocycles. The first-order valence-corrected chi connectivity index (χ1v) is 8.33. The number of benzene rings is 2. The largest absolute Gasteiger partial charge is 0.490 e. The van der Waals surface area contributed by atoms with Gasteiger partial charge in [-0.15, -0.1) is 0 Å². The Kier molecular flexibility index (Phi) is 7.09. The van der Waals surface area contributed by atoms with Gasteiger partial charge < -0.3 is 14.2 Å². The van der Waals surface area contributed by atoms with Crippen molar-refractivity contribution in [2.24, 2.45) is 0 Å². The Balaban J connectivity index is 2.12. The summed E-state index contributed by atoms with van der Waals surface area (Å²) in [6.07, 6.45) is 1.52. The number of hydrogen-bond acceptors (Lipinski definition) is 5. The maximum absolute atomic E-state index is 8.84. The van der Waals surface area contributed by atoms with Crippen LogP contribution >= 0.6 is 0 Å². The monoisotopic (exact) mass is 348 g/mol. The Hall–Kier alpha value is -3.44. The molecule has 0 aromatic heterocycles. The summed E-state index contributed by atoms with van der Waals surface area (Å²) < 4.78 is 17.0. The van der Waals surface area contributed by atoms with Gasteiger partial charge in [0.1, 0.15) is 30.1 Å². The summed E-state index contributed by atoms with van der Waals surface area (Å²) in [5.41, 5.74) is 1.74. The number of nitriles is 2. The van der Waals surface area contributed by atoms with Gasteiger partial charge in [0.25, 0.3) is 0 Å². The van der Waals surface area contributed by atoms with Crippen molar-refractivity contribution in [2.75, 3.05) is 13.2 Å². The van der Waals surface area contributed by atoms with Crippen LogP contribution in [0.3, 0.4) is 0 Å². The van der Waals surface area contributed by atoms with Crippen molar-refractivity contribution in [2.45, 2.75) is 20.5 Å². The summed E-state index contributed by atoms with van der Waals surface area (Å²) in [5.74, 6) is 2.06. The fourth-order valence-corrected chi connectivity index (χ4v) is 2.30. The van der Waals surface area contributed by atoms with Gasteiger partial charge in [0.05, 0.1) is 13.2 Å². The maximum atomic E-state index is 8.84. The zero-order valence-electron chi connectivity index (χ0n) is 14.9. The molecule has 5 heteroatoms. The molecule has 0 spiro atoms. The number of hydrogen-bond donors (Lipinski definition) is 0. The van der Waals surface area contributed by atoms with E-state index in [0.717, 1.165) is 11.1 Å². The summed E-state index contributed by atoms with van der Waals surface area (Å²) in [6, 6.07) is 16.6. The molecule has 0 aliphatic heterocycles. The molecular formula is C21H20N2O3. The van der Waals surface area contributed by atoms with E-state index in [-0.39, 0.29) is 5.57 Å². The molecule has 5 nitrogen and oxygen atoms in total. The van der Waals surface area contributed by atoms with Crippen LogP contribution in [0.2, 0.25) is 0 Å². The molecule has 0 fully saturated rings. The van der Waals surface area contributed by atoms with Gasteiger partial charge in [-0.3, -0.25) is 0 Å². The topological polar surface area (TPSA) is 75.3 Å². The van der Waals surface area contributed by atoms with Crippen LogP contribution in [0.1, 0.15) is 25.0 Å². The second-order valence-corrected chi connectivity index (χ2v) is 5.29. The molecule has 0 amide bonds. The van der Waals surface area contributed by atoms with Gasteiger partial charge in [-0.05, 0) is 55.3 Å². The van der Waals surface area contributed by atoms with Crippen molar-refractivity contribution in [3.05, 3.63) is 59.2 Å². The number of ether oxygens (including phenoxy) is 3. The Morgan fingerprint density at radius 1 is 0.923 bits per heavy atom. The first kappa shape index (κ1) is 18.9. The highest BCUT2D eigenvalue weighted by Gasteiger charge is 2.07. The summed E-state index contributed by atoms with van der Waals surface area (Å²) >= 11 is 0. The van der Waals surface area contributed by atoms with Gasteiger partial charge in [-0.1, -0.05) is 18.2 Å². The van der Waals surface area contributed by atoms with Crippen LogP contribution in [-0.4, -0.2) is 13.2 Å². The van der Waals surface area contributed by atoms with Gasteiger partial charge in [-0.25, -0.2) is 0 Å².